The Balaban J connectivity index is 4.21. The fraction of sp³-hybridized carbons (Fsp3) is 0.836. The summed E-state index contributed by atoms with van der Waals surface area (Å²) in [7, 11) is 1.24. The maximum absolute atomic E-state index is 12.9. The van der Waals surface area contributed by atoms with Gasteiger partial charge in [-0.1, -0.05) is 217 Å². The highest BCUT2D eigenvalue weighted by atomic mass is 31.2. The van der Waals surface area contributed by atoms with Gasteiger partial charge in [-0.3, -0.25) is 9.36 Å². The van der Waals surface area contributed by atoms with Gasteiger partial charge in [0.2, 0.25) is 5.91 Å². The fourth-order valence-electron chi connectivity index (χ4n) is 7.71. The van der Waals surface area contributed by atoms with Crippen molar-refractivity contribution < 1.29 is 32.9 Å². The van der Waals surface area contributed by atoms with E-state index >= 15 is 0 Å². The molecule has 0 saturated carbocycles. The molecule has 0 bridgehead atoms. The molecule has 0 spiro atoms. The average molecular weight is 921 g/mol. The Kier molecular flexibility index (Phi) is 45.4. The van der Waals surface area contributed by atoms with Crippen LogP contribution in [0.25, 0.3) is 0 Å². The maximum atomic E-state index is 12.9. The number of nitrogens with one attached hydrogen (secondary N) is 1. The number of unbranched alkanes of at least 4 members (excludes halogenated alkanes) is 30. The lowest BCUT2D eigenvalue weighted by atomic mass is 10.0. The van der Waals surface area contributed by atoms with Crippen molar-refractivity contribution in [2.75, 3.05) is 40.9 Å². The molecule has 0 aromatic rings. The molecular weight excluding hydrogens is 816 g/mol. The molecule has 0 aliphatic rings. The van der Waals surface area contributed by atoms with Gasteiger partial charge in [0.15, 0.2) is 0 Å². The Bertz CT molecular complexity index is 1180. The highest BCUT2D eigenvalue weighted by Gasteiger charge is 2.23. The summed E-state index contributed by atoms with van der Waals surface area (Å²) in [5, 5.41) is 13.8. The Morgan fingerprint density at radius 3 is 1.27 bits per heavy atom. The van der Waals surface area contributed by atoms with Gasteiger partial charge in [-0.05, 0) is 70.6 Å². The number of phosphoric ester groups is 1. The summed E-state index contributed by atoms with van der Waals surface area (Å²) in [6.45, 7) is 4.62. The number of aliphatic hydroxyl groups is 1. The lowest BCUT2D eigenvalue weighted by molar-refractivity contribution is -0.870. The lowest BCUT2D eigenvalue weighted by Gasteiger charge is -2.29. The lowest BCUT2D eigenvalue weighted by Crippen LogP contribution is -2.45. The van der Waals surface area contributed by atoms with Gasteiger partial charge < -0.3 is 28.8 Å². The van der Waals surface area contributed by atoms with E-state index in [9.17, 15) is 19.4 Å². The number of allylic oxidation sites excluding steroid dienone is 7. The minimum Gasteiger partial charge on any atom is -0.756 e. The van der Waals surface area contributed by atoms with Gasteiger partial charge in [0.1, 0.15) is 13.2 Å². The van der Waals surface area contributed by atoms with E-state index in [4.69, 9.17) is 9.05 Å². The number of nitrogens with zero attached hydrogens (tertiary/aromatic N) is 1. The van der Waals surface area contributed by atoms with E-state index in [-0.39, 0.29) is 12.5 Å². The third kappa shape index (κ3) is 48.4. The monoisotopic (exact) mass is 921 g/mol. The van der Waals surface area contributed by atoms with Crippen LogP contribution in [-0.4, -0.2) is 68.5 Å². The molecule has 8 nitrogen and oxygen atoms in total. The Labute approximate surface area is 397 Å². The molecule has 0 aromatic heterocycles. The van der Waals surface area contributed by atoms with E-state index in [0.717, 1.165) is 44.9 Å². The Morgan fingerprint density at radius 1 is 0.531 bits per heavy atom. The van der Waals surface area contributed by atoms with Gasteiger partial charge in [-0.2, -0.15) is 0 Å². The number of aliphatic hydroxyl groups excluding tert-OH is 1. The molecule has 3 unspecified atom stereocenters. The van der Waals surface area contributed by atoms with Crippen LogP contribution in [0.15, 0.2) is 48.6 Å². The minimum absolute atomic E-state index is 0.00960. The molecule has 0 aliphatic heterocycles. The molecule has 376 valence electrons. The van der Waals surface area contributed by atoms with Crippen molar-refractivity contribution in [3.63, 3.8) is 0 Å². The van der Waals surface area contributed by atoms with E-state index in [1.807, 2.05) is 27.2 Å². The van der Waals surface area contributed by atoms with Crippen LogP contribution in [0.3, 0.4) is 0 Å². The second-order valence-electron chi connectivity index (χ2n) is 19.6. The maximum Gasteiger partial charge on any atom is 0.268 e. The van der Waals surface area contributed by atoms with Crippen LogP contribution in [0.2, 0.25) is 0 Å². The predicted octanol–water partition coefficient (Wildman–Crippen LogP) is 15.3. The third-order valence-corrected chi connectivity index (χ3v) is 13.0. The molecule has 0 radical (unpaired) electrons. The Morgan fingerprint density at radius 2 is 0.875 bits per heavy atom. The van der Waals surface area contributed by atoms with Crippen molar-refractivity contribution in [1.29, 1.82) is 0 Å². The first-order chi connectivity index (χ1) is 31.0. The number of phosphoric acid groups is 1. The number of rotatable bonds is 49. The van der Waals surface area contributed by atoms with Crippen molar-refractivity contribution >= 4 is 13.7 Å². The van der Waals surface area contributed by atoms with Gasteiger partial charge in [0.05, 0.1) is 39.9 Å². The summed E-state index contributed by atoms with van der Waals surface area (Å²) in [6, 6.07) is -0.910. The van der Waals surface area contributed by atoms with Gasteiger partial charge >= 0.3 is 0 Å². The molecule has 3 atom stereocenters. The highest BCUT2D eigenvalue weighted by molar-refractivity contribution is 7.45. The van der Waals surface area contributed by atoms with E-state index in [1.165, 1.54) is 180 Å². The van der Waals surface area contributed by atoms with Crippen LogP contribution in [0.4, 0.5) is 0 Å². The van der Waals surface area contributed by atoms with E-state index < -0.39 is 26.6 Å². The number of hydrogen-bond donors (Lipinski definition) is 2. The van der Waals surface area contributed by atoms with Crippen molar-refractivity contribution in [1.82, 2.24) is 5.32 Å². The molecule has 0 fully saturated rings. The minimum atomic E-state index is -4.60. The van der Waals surface area contributed by atoms with Crippen molar-refractivity contribution in [2.24, 2.45) is 0 Å². The number of carbonyl (C=O) groups excluding carboxylic acids is 1. The highest BCUT2D eigenvalue weighted by Crippen LogP contribution is 2.38. The molecule has 0 saturated heterocycles. The topological polar surface area (TPSA) is 108 Å². The van der Waals surface area contributed by atoms with Crippen molar-refractivity contribution in [3.05, 3.63) is 48.6 Å². The fourth-order valence-corrected chi connectivity index (χ4v) is 8.43. The summed E-state index contributed by atoms with van der Waals surface area (Å²) >= 11 is 0. The van der Waals surface area contributed by atoms with Crippen molar-refractivity contribution in [2.45, 2.75) is 257 Å². The molecule has 2 N–H and O–H groups in total. The van der Waals surface area contributed by atoms with Crippen LogP contribution >= 0.6 is 7.82 Å². The van der Waals surface area contributed by atoms with E-state index in [2.05, 4.69) is 55.6 Å². The number of carbonyl (C=O) groups is 1. The smallest absolute Gasteiger partial charge is 0.268 e. The normalized spacial score (nSPS) is 14.4. The zero-order valence-electron chi connectivity index (χ0n) is 42.7. The quantitative estimate of drug-likeness (QED) is 0.0272. The molecule has 1 amide bonds. The summed E-state index contributed by atoms with van der Waals surface area (Å²) in [5.74, 6) is -0.212. The summed E-state index contributed by atoms with van der Waals surface area (Å²) in [6.07, 6.45) is 60.4. The summed E-state index contributed by atoms with van der Waals surface area (Å²) in [5.41, 5.74) is 0. The van der Waals surface area contributed by atoms with Crippen molar-refractivity contribution in [3.8, 4) is 0 Å². The zero-order chi connectivity index (χ0) is 47.1. The molecule has 0 aromatic carbocycles. The first-order valence-electron chi connectivity index (χ1n) is 27.0. The average Bonchev–Trinajstić information content (AvgIpc) is 3.25. The van der Waals surface area contributed by atoms with E-state index in [1.54, 1.807) is 6.08 Å². The Hall–Kier alpha value is -1.54. The first kappa shape index (κ1) is 62.5. The van der Waals surface area contributed by atoms with Crippen LogP contribution in [0.1, 0.15) is 245 Å². The van der Waals surface area contributed by atoms with Crippen LogP contribution in [0, 0.1) is 0 Å². The summed E-state index contributed by atoms with van der Waals surface area (Å²) in [4.78, 5) is 25.4. The largest absolute Gasteiger partial charge is 0.756 e. The zero-order valence-corrected chi connectivity index (χ0v) is 43.6. The van der Waals surface area contributed by atoms with Gasteiger partial charge in [0, 0.05) is 6.42 Å². The number of hydrogen-bond acceptors (Lipinski definition) is 6. The van der Waals surface area contributed by atoms with Gasteiger partial charge in [-0.15, -0.1) is 0 Å². The predicted molar refractivity (Wildman–Crippen MR) is 274 cm³/mol. The molecule has 0 rings (SSSR count). The number of likely N-dealkylation sites (N-methyl/N-ethyl adjacent to an activating group) is 1. The molecule has 9 heteroatoms. The van der Waals surface area contributed by atoms with Crippen LogP contribution in [-0.2, 0) is 18.4 Å². The summed E-state index contributed by atoms with van der Waals surface area (Å²) < 4.78 is 23.3. The van der Waals surface area contributed by atoms with Gasteiger partial charge in [0.25, 0.3) is 7.82 Å². The van der Waals surface area contributed by atoms with Gasteiger partial charge in [-0.25, -0.2) is 0 Å². The molecule has 0 heterocycles. The molecule has 64 heavy (non-hydrogen) atoms. The van der Waals surface area contributed by atoms with Crippen LogP contribution < -0.4 is 10.2 Å². The second kappa shape index (κ2) is 46.6. The number of amides is 1. The van der Waals surface area contributed by atoms with Crippen LogP contribution in [0.5, 0.6) is 0 Å². The standard InChI is InChI=1S/C55H105N2O6P/c1-6-8-10-12-14-16-18-20-22-23-24-25-26-27-28-29-30-31-32-33-35-37-39-41-43-45-47-49-55(59)56-53(52-63-64(60,61)62-51-50-57(3,4)5)54(58)48-46-44-42-40-38-36-34-21-19-17-15-13-11-9-7-2/h19,21,27-28,38,40,46,48,53-54,58H,6-18,20,22-26,29-37,39,41-45,47,49-52H2,1-5H3,(H-,56,59,60,61)/b21-19+,28-27-,40-38+,48-46+. The third-order valence-electron chi connectivity index (χ3n) is 12.0. The van der Waals surface area contributed by atoms with E-state index in [0.29, 0.717) is 17.4 Å². The molecular formula is C55H105N2O6P. The first-order valence-corrected chi connectivity index (χ1v) is 28.5. The number of quaternary nitrogens is 1. The second-order valence-corrected chi connectivity index (χ2v) is 21.0. The molecule has 0 aliphatic carbocycles. The SMILES string of the molecule is CCCCCCC/C=C/CC/C=C/CC/C=C/C(O)C(COP(=O)([O-])OCC[N+](C)(C)C)NC(=O)CCCCCCCCCCCCC/C=C\CCCCCCCCCCCCCC.